The van der Waals surface area contributed by atoms with E-state index in [9.17, 15) is 4.79 Å². The number of thioether (sulfide) groups is 1. The van der Waals surface area contributed by atoms with Crippen molar-refractivity contribution in [3.8, 4) is 0 Å². The number of nitrogens with zero attached hydrogens (tertiary/aromatic N) is 1. The van der Waals surface area contributed by atoms with E-state index in [0.717, 1.165) is 49.8 Å². The predicted octanol–water partition coefficient (Wildman–Crippen LogP) is 1.90. The van der Waals surface area contributed by atoms with Crippen molar-refractivity contribution in [1.82, 2.24) is 16.0 Å². The molecule has 6 heteroatoms. The van der Waals surface area contributed by atoms with E-state index < -0.39 is 0 Å². The van der Waals surface area contributed by atoms with E-state index in [2.05, 4.69) is 34.1 Å². The molecule has 128 valence electrons. The highest BCUT2D eigenvalue weighted by atomic mass is 32.2. The Morgan fingerprint density at radius 1 is 1.30 bits per heavy atom. The summed E-state index contributed by atoms with van der Waals surface area (Å²) in [5.74, 6) is 1.94. The highest BCUT2D eigenvalue weighted by molar-refractivity contribution is 7.98. The summed E-state index contributed by atoms with van der Waals surface area (Å²) in [6, 6.07) is 7.72. The first-order valence-electron chi connectivity index (χ1n) is 8.03. The highest BCUT2D eigenvalue weighted by Crippen LogP contribution is 2.05. The van der Waals surface area contributed by atoms with Crippen molar-refractivity contribution >= 4 is 23.6 Å². The van der Waals surface area contributed by atoms with E-state index in [1.807, 2.05) is 36.0 Å². The summed E-state index contributed by atoms with van der Waals surface area (Å²) in [7, 11) is 1.65. The van der Waals surface area contributed by atoms with Crippen molar-refractivity contribution in [2.45, 2.75) is 19.8 Å². The number of aliphatic imine (C=N–C) groups is 1. The van der Waals surface area contributed by atoms with Gasteiger partial charge in [-0.05, 0) is 49.5 Å². The number of guanidine groups is 1. The predicted molar refractivity (Wildman–Crippen MR) is 101 cm³/mol. The molecule has 0 spiro atoms. The zero-order valence-corrected chi connectivity index (χ0v) is 15.1. The zero-order valence-electron chi connectivity index (χ0n) is 14.3. The molecule has 0 aliphatic heterocycles. The second kappa shape index (κ2) is 11.8. The van der Waals surface area contributed by atoms with E-state index in [-0.39, 0.29) is 5.91 Å². The number of nitrogens with one attached hydrogen (secondary N) is 3. The Kier molecular flexibility index (Phi) is 9.95. The van der Waals surface area contributed by atoms with E-state index >= 15 is 0 Å². The van der Waals surface area contributed by atoms with Crippen LogP contribution in [0.4, 0.5) is 0 Å². The lowest BCUT2D eigenvalue weighted by Crippen LogP contribution is -2.38. The van der Waals surface area contributed by atoms with Crippen LogP contribution in [-0.4, -0.2) is 50.6 Å². The molecule has 1 aromatic rings. The Hall–Kier alpha value is -1.69. The Labute approximate surface area is 143 Å². The average Bonchev–Trinajstić information content (AvgIpc) is 2.58. The molecule has 0 saturated heterocycles. The summed E-state index contributed by atoms with van der Waals surface area (Å²) in [5, 5.41) is 9.24. The largest absolute Gasteiger partial charge is 0.357 e. The molecule has 1 amide bonds. The Balaban J connectivity index is 2.47. The van der Waals surface area contributed by atoms with Gasteiger partial charge in [-0.1, -0.05) is 12.1 Å². The Morgan fingerprint density at radius 2 is 2.13 bits per heavy atom. The number of amides is 1. The van der Waals surface area contributed by atoms with Crippen LogP contribution in [0.25, 0.3) is 0 Å². The molecule has 5 nitrogen and oxygen atoms in total. The van der Waals surface area contributed by atoms with Gasteiger partial charge in [-0.15, -0.1) is 0 Å². The first-order chi connectivity index (χ1) is 11.2. The van der Waals surface area contributed by atoms with Gasteiger partial charge in [0.15, 0.2) is 5.96 Å². The molecule has 0 bridgehead atoms. The molecular formula is C17H28N4OS. The SMILES string of the molecule is CCNC(=NCCCSC)NCCc1cccc(C(=O)NC)c1. The molecule has 3 N–H and O–H groups in total. The Bertz CT molecular complexity index is 505. The molecule has 0 atom stereocenters. The summed E-state index contributed by atoms with van der Waals surface area (Å²) in [6.45, 7) is 4.53. The molecular weight excluding hydrogens is 308 g/mol. The lowest BCUT2D eigenvalue weighted by Gasteiger charge is -2.11. The lowest BCUT2D eigenvalue weighted by atomic mass is 10.1. The van der Waals surface area contributed by atoms with Crippen LogP contribution in [0.15, 0.2) is 29.3 Å². The fourth-order valence-corrected chi connectivity index (χ4v) is 2.50. The average molecular weight is 337 g/mol. The summed E-state index contributed by atoms with van der Waals surface area (Å²) < 4.78 is 0. The van der Waals surface area contributed by atoms with Crippen molar-refractivity contribution < 1.29 is 4.79 Å². The molecule has 0 saturated carbocycles. The van der Waals surface area contributed by atoms with Gasteiger partial charge in [-0.3, -0.25) is 9.79 Å². The van der Waals surface area contributed by atoms with Gasteiger partial charge in [0.2, 0.25) is 0 Å². The van der Waals surface area contributed by atoms with E-state index in [1.165, 1.54) is 0 Å². The summed E-state index contributed by atoms with van der Waals surface area (Å²) in [6.07, 6.45) is 4.05. The normalized spacial score (nSPS) is 11.2. The third kappa shape index (κ3) is 7.93. The van der Waals surface area contributed by atoms with Crippen LogP contribution < -0.4 is 16.0 Å². The molecule has 0 unspecified atom stereocenters. The van der Waals surface area contributed by atoms with Gasteiger partial charge < -0.3 is 16.0 Å². The molecule has 1 rings (SSSR count). The van der Waals surface area contributed by atoms with Gasteiger partial charge in [0.1, 0.15) is 0 Å². The second-order valence-corrected chi connectivity index (χ2v) is 6.05. The van der Waals surface area contributed by atoms with Gasteiger partial charge in [0.05, 0.1) is 0 Å². The monoisotopic (exact) mass is 336 g/mol. The highest BCUT2D eigenvalue weighted by Gasteiger charge is 2.04. The first kappa shape index (κ1) is 19.4. The minimum atomic E-state index is -0.0523. The zero-order chi connectivity index (χ0) is 16.9. The number of carbonyl (C=O) groups is 1. The van der Waals surface area contributed by atoms with Gasteiger partial charge in [0, 0.05) is 32.2 Å². The van der Waals surface area contributed by atoms with Crippen LogP contribution in [0.2, 0.25) is 0 Å². The number of hydrogen-bond acceptors (Lipinski definition) is 3. The summed E-state index contributed by atoms with van der Waals surface area (Å²) in [5.41, 5.74) is 1.83. The standard InChI is InChI=1S/C17H28N4OS/c1-4-19-17(20-10-6-12-23-3)21-11-9-14-7-5-8-15(13-14)16(22)18-2/h5,7-8,13H,4,6,9-12H2,1-3H3,(H,18,22)(H2,19,20,21). The van der Waals surface area contributed by atoms with Gasteiger partial charge in [-0.2, -0.15) is 11.8 Å². The molecule has 0 radical (unpaired) electrons. The van der Waals surface area contributed by atoms with Crippen LogP contribution in [0.5, 0.6) is 0 Å². The number of hydrogen-bond donors (Lipinski definition) is 3. The quantitative estimate of drug-likeness (QED) is 0.366. The fourth-order valence-electron chi connectivity index (χ4n) is 2.08. The van der Waals surface area contributed by atoms with Gasteiger partial charge >= 0.3 is 0 Å². The van der Waals surface area contributed by atoms with Gasteiger partial charge in [-0.25, -0.2) is 0 Å². The molecule has 0 heterocycles. The molecule has 0 aliphatic rings. The first-order valence-corrected chi connectivity index (χ1v) is 9.42. The van der Waals surface area contributed by atoms with E-state index in [4.69, 9.17) is 0 Å². The molecule has 0 aromatic heterocycles. The Morgan fingerprint density at radius 3 is 2.83 bits per heavy atom. The second-order valence-electron chi connectivity index (χ2n) is 5.06. The van der Waals surface area contributed by atoms with Crippen molar-refractivity contribution in [1.29, 1.82) is 0 Å². The van der Waals surface area contributed by atoms with E-state index in [1.54, 1.807) is 7.05 Å². The van der Waals surface area contributed by atoms with Crippen molar-refractivity contribution in [3.63, 3.8) is 0 Å². The van der Waals surface area contributed by atoms with Crippen LogP contribution >= 0.6 is 11.8 Å². The van der Waals surface area contributed by atoms with Crippen molar-refractivity contribution in [3.05, 3.63) is 35.4 Å². The number of rotatable bonds is 9. The van der Waals surface area contributed by atoms with Crippen LogP contribution in [0, 0.1) is 0 Å². The van der Waals surface area contributed by atoms with E-state index in [0.29, 0.717) is 5.56 Å². The lowest BCUT2D eigenvalue weighted by molar-refractivity contribution is 0.0963. The molecule has 0 aliphatic carbocycles. The minimum Gasteiger partial charge on any atom is -0.357 e. The maximum Gasteiger partial charge on any atom is 0.251 e. The van der Waals surface area contributed by atoms with Crippen LogP contribution in [0.1, 0.15) is 29.3 Å². The van der Waals surface area contributed by atoms with Gasteiger partial charge in [0.25, 0.3) is 5.91 Å². The summed E-state index contributed by atoms with van der Waals surface area (Å²) in [4.78, 5) is 16.2. The maximum atomic E-state index is 11.6. The fraction of sp³-hybridized carbons (Fsp3) is 0.529. The number of benzene rings is 1. The van der Waals surface area contributed by atoms with Crippen LogP contribution in [-0.2, 0) is 6.42 Å². The topological polar surface area (TPSA) is 65.5 Å². The summed E-state index contributed by atoms with van der Waals surface area (Å²) >= 11 is 1.84. The molecule has 1 aromatic carbocycles. The van der Waals surface area contributed by atoms with Crippen LogP contribution in [0.3, 0.4) is 0 Å². The maximum absolute atomic E-state index is 11.6. The minimum absolute atomic E-state index is 0.0523. The smallest absolute Gasteiger partial charge is 0.251 e. The molecule has 0 fully saturated rings. The third-order valence-electron chi connectivity index (χ3n) is 3.24. The number of carbonyl (C=O) groups excluding carboxylic acids is 1. The molecule has 23 heavy (non-hydrogen) atoms. The third-order valence-corrected chi connectivity index (χ3v) is 3.94. The van der Waals surface area contributed by atoms with Crippen molar-refractivity contribution in [2.24, 2.45) is 4.99 Å². The van der Waals surface area contributed by atoms with Crippen molar-refractivity contribution in [2.75, 3.05) is 38.7 Å².